The largest absolute Gasteiger partial charge is 0.393 e. The maximum atomic E-state index is 12.5. The summed E-state index contributed by atoms with van der Waals surface area (Å²) in [7, 11) is 0. The number of hydrogen-bond acceptors (Lipinski definition) is 3. The van der Waals surface area contributed by atoms with Gasteiger partial charge in [-0.3, -0.25) is 0 Å². The zero-order valence-electron chi connectivity index (χ0n) is 14.1. The minimum absolute atomic E-state index is 0.0199. The zero-order chi connectivity index (χ0) is 16.7. The van der Waals surface area contributed by atoms with Crippen molar-refractivity contribution in [1.29, 1.82) is 0 Å². The Bertz CT molecular complexity index is 481. The van der Waals surface area contributed by atoms with Crippen LogP contribution >= 0.6 is 11.8 Å². The summed E-state index contributed by atoms with van der Waals surface area (Å²) in [6, 6.07) is 10.4. The average Bonchev–Trinajstić information content (AvgIpc) is 2.76. The van der Waals surface area contributed by atoms with Crippen molar-refractivity contribution in [3.8, 4) is 0 Å². The number of amides is 2. The second kappa shape index (κ2) is 9.18. The van der Waals surface area contributed by atoms with E-state index in [0.717, 1.165) is 30.0 Å². The van der Waals surface area contributed by atoms with Gasteiger partial charge in [0.15, 0.2) is 0 Å². The Kier molecular flexibility index (Phi) is 7.24. The van der Waals surface area contributed by atoms with E-state index in [1.807, 2.05) is 34.9 Å². The quantitative estimate of drug-likeness (QED) is 0.869. The molecule has 23 heavy (non-hydrogen) atoms. The number of hydrogen-bond donors (Lipinski definition) is 2. The lowest BCUT2D eigenvalue weighted by Gasteiger charge is -2.28. The van der Waals surface area contributed by atoms with Crippen LogP contribution < -0.4 is 5.32 Å². The molecule has 0 radical (unpaired) electrons. The van der Waals surface area contributed by atoms with E-state index in [0.29, 0.717) is 13.0 Å². The van der Waals surface area contributed by atoms with Crippen LogP contribution in [0, 0.1) is 0 Å². The molecule has 0 unspecified atom stereocenters. The van der Waals surface area contributed by atoms with E-state index in [1.165, 1.54) is 0 Å². The van der Waals surface area contributed by atoms with E-state index in [4.69, 9.17) is 0 Å². The molecule has 1 heterocycles. The predicted molar refractivity (Wildman–Crippen MR) is 97.0 cm³/mol. The minimum atomic E-state index is -0.384. The number of thioether (sulfide) groups is 1. The summed E-state index contributed by atoms with van der Waals surface area (Å²) in [5, 5.41) is 12.8. The van der Waals surface area contributed by atoms with Gasteiger partial charge in [-0.2, -0.15) is 11.8 Å². The molecular weight excluding hydrogens is 308 g/mol. The van der Waals surface area contributed by atoms with Crippen LogP contribution in [0.1, 0.15) is 38.2 Å². The summed E-state index contributed by atoms with van der Waals surface area (Å²) in [4.78, 5) is 14.5. The highest BCUT2D eigenvalue weighted by atomic mass is 32.2. The third kappa shape index (κ3) is 5.74. The van der Waals surface area contributed by atoms with Crippen LogP contribution in [0.15, 0.2) is 30.3 Å². The Hall–Kier alpha value is -1.20. The maximum absolute atomic E-state index is 12.5. The first kappa shape index (κ1) is 18.1. The fourth-order valence-electron chi connectivity index (χ4n) is 2.98. The summed E-state index contributed by atoms with van der Waals surface area (Å²) in [5.74, 6) is 2.27. The van der Waals surface area contributed by atoms with Gasteiger partial charge < -0.3 is 15.3 Å². The van der Waals surface area contributed by atoms with Gasteiger partial charge in [-0.05, 0) is 38.0 Å². The fourth-order valence-corrected chi connectivity index (χ4v) is 4.02. The number of carbonyl (C=O) groups is 1. The lowest BCUT2D eigenvalue weighted by molar-refractivity contribution is 0.167. The average molecular weight is 337 g/mol. The Morgan fingerprint density at radius 1 is 1.39 bits per heavy atom. The second-order valence-corrected chi connectivity index (χ2v) is 7.55. The maximum Gasteiger partial charge on any atom is 0.317 e. The van der Waals surface area contributed by atoms with Crippen molar-refractivity contribution in [2.45, 2.75) is 44.8 Å². The zero-order valence-corrected chi connectivity index (χ0v) is 14.9. The van der Waals surface area contributed by atoms with Crippen molar-refractivity contribution in [2.24, 2.45) is 0 Å². The summed E-state index contributed by atoms with van der Waals surface area (Å²) >= 11 is 1.92. The van der Waals surface area contributed by atoms with Gasteiger partial charge >= 0.3 is 6.03 Å². The van der Waals surface area contributed by atoms with Crippen LogP contribution in [0.5, 0.6) is 0 Å². The Balaban J connectivity index is 1.95. The molecule has 1 aliphatic heterocycles. The van der Waals surface area contributed by atoms with Gasteiger partial charge in [0.25, 0.3) is 0 Å². The molecule has 2 amide bonds. The van der Waals surface area contributed by atoms with Crippen molar-refractivity contribution in [1.82, 2.24) is 10.2 Å². The number of nitrogens with one attached hydrogen (secondary N) is 1. The van der Waals surface area contributed by atoms with Crippen molar-refractivity contribution in [3.05, 3.63) is 35.9 Å². The van der Waals surface area contributed by atoms with Crippen LogP contribution in [-0.4, -0.2) is 52.8 Å². The highest BCUT2D eigenvalue weighted by Crippen LogP contribution is 2.21. The third-order valence-corrected chi connectivity index (χ3v) is 5.34. The molecule has 0 aliphatic carbocycles. The van der Waals surface area contributed by atoms with Crippen molar-refractivity contribution in [3.63, 3.8) is 0 Å². The molecule has 3 atom stereocenters. The normalized spacial score (nSPS) is 21.3. The fraction of sp³-hybridized carbons (Fsp3) is 0.611. The molecule has 128 valence electrons. The number of aliphatic hydroxyl groups is 1. The van der Waals surface area contributed by atoms with Gasteiger partial charge in [-0.15, -0.1) is 0 Å². The van der Waals surface area contributed by atoms with Crippen LogP contribution in [0.2, 0.25) is 0 Å². The summed E-state index contributed by atoms with van der Waals surface area (Å²) < 4.78 is 0. The Morgan fingerprint density at radius 2 is 2.13 bits per heavy atom. The van der Waals surface area contributed by atoms with Gasteiger partial charge in [-0.25, -0.2) is 4.79 Å². The number of rotatable bonds is 5. The molecule has 1 aliphatic rings. The lowest BCUT2D eigenvalue weighted by atomic mass is 9.93. The van der Waals surface area contributed by atoms with E-state index >= 15 is 0 Å². The first-order chi connectivity index (χ1) is 11.1. The van der Waals surface area contributed by atoms with E-state index in [9.17, 15) is 9.90 Å². The van der Waals surface area contributed by atoms with Gasteiger partial charge in [-0.1, -0.05) is 30.3 Å². The molecule has 5 heteroatoms. The molecule has 0 bridgehead atoms. The van der Waals surface area contributed by atoms with Crippen molar-refractivity contribution in [2.75, 3.05) is 24.6 Å². The third-order valence-electron chi connectivity index (χ3n) is 4.35. The lowest BCUT2D eigenvalue weighted by Crippen LogP contribution is -2.46. The highest BCUT2D eigenvalue weighted by molar-refractivity contribution is 7.99. The molecule has 0 saturated carbocycles. The number of carbonyl (C=O) groups excluding carboxylic acids is 1. The molecule has 2 rings (SSSR count). The number of benzene rings is 1. The smallest absolute Gasteiger partial charge is 0.317 e. The van der Waals surface area contributed by atoms with Gasteiger partial charge in [0.1, 0.15) is 0 Å². The first-order valence-corrected chi connectivity index (χ1v) is 9.58. The van der Waals surface area contributed by atoms with Crippen LogP contribution in [0.25, 0.3) is 0 Å². The molecule has 1 aromatic rings. The van der Waals surface area contributed by atoms with E-state index < -0.39 is 0 Å². The molecular formula is C18H28N2O2S. The van der Waals surface area contributed by atoms with Crippen molar-refractivity contribution >= 4 is 17.8 Å². The highest BCUT2D eigenvalue weighted by Gasteiger charge is 2.23. The topological polar surface area (TPSA) is 52.6 Å². The molecule has 4 nitrogen and oxygen atoms in total. The summed E-state index contributed by atoms with van der Waals surface area (Å²) in [5.41, 5.74) is 1.16. The summed E-state index contributed by atoms with van der Waals surface area (Å²) in [6.07, 6.45) is 1.31. The van der Waals surface area contributed by atoms with Crippen molar-refractivity contribution < 1.29 is 9.90 Å². The summed E-state index contributed by atoms with van der Waals surface area (Å²) in [6.45, 7) is 5.29. The van der Waals surface area contributed by atoms with Crippen LogP contribution in [0.4, 0.5) is 4.79 Å². The Morgan fingerprint density at radius 3 is 2.83 bits per heavy atom. The monoisotopic (exact) mass is 336 g/mol. The Labute approximate surface area is 143 Å². The van der Waals surface area contributed by atoms with E-state index in [-0.39, 0.29) is 24.1 Å². The second-order valence-electron chi connectivity index (χ2n) is 6.32. The standard InChI is InChI=1S/C18H28N2O2S/c1-14-8-10-23-11-9-20(14)18(22)19-13-17(12-15(2)21)16-6-4-3-5-7-16/h3-7,14-15,17,21H,8-13H2,1-2H3,(H,19,22)/t14-,15+,17+/m1/s1. The van der Waals surface area contributed by atoms with E-state index in [1.54, 1.807) is 6.92 Å². The van der Waals surface area contributed by atoms with Gasteiger partial charge in [0, 0.05) is 30.8 Å². The van der Waals surface area contributed by atoms with Gasteiger partial charge in [0.05, 0.1) is 6.10 Å². The molecule has 1 fully saturated rings. The van der Waals surface area contributed by atoms with Gasteiger partial charge in [0.2, 0.25) is 0 Å². The van der Waals surface area contributed by atoms with E-state index in [2.05, 4.69) is 24.4 Å². The predicted octanol–water partition coefficient (Wildman–Crippen LogP) is 3.08. The molecule has 2 N–H and O–H groups in total. The number of aliphatic hydroxyl groups excluding tert-OH is 1. The minimum Gasteiger partial charge on any atom is -0.393 e. The molecule has 0 aromatic heterocycles. The number of nitrogens with zero attached hydrogens (tertiary/aromatic N) is 1. The number of urea groups is 1. The first-order valence-electron chi connectivity index (χ1n) is 8.43. The molecule has 1 saturated heterocycles. The van der Waals surface area contributed by atoms with Crippen LogP contribution in [-0.2, 0) is 0 Å². The molecule has 0 spiro atoms. The molecule has 1 aromatic carbocycles. The van der Waals surface area contributed by atoms with Crippen LogP contribution in [0.3, 0.4) is 0 Å². The SMILES string of the molecule is C[C@H](O)C[C@@H](CNC(=O)N1CCSCC[C@H]1C)c1ccccc1.